The van der Waals surface area contributed by atoms with Gasteiger partial charge in [0, 0.05) is 5.56 Å². The molecule has 0 aliphatic rings. The van der Waals surface area contributed by atoms with Gasteiger partial charge in [-0.25, -0.2) is 4.98 Å². The van der Waals surface area contributed by atoms with Gasteiger partial charge in [-0.15, -0.1) is 0 Å². The van der Waals surface area contributed by atoms with E-state index < -0.39 is 5.91 Å². The first kappa shape index (κ1) is 10.3. The van der Waals surface area contributed by atoms with Gasteiger partial charge in [0.15, 0.2) is 5.01 Å². The number of nitrogens with two attached hydrogens (primary N) is 1. The second-order valence-corrected chi connectivity index (χ2v) is 4.04. The minimum Gasteiger partial charge on any atom is -0.364 e. The Morgan fingerprint density at radius 1 is 1.38 bits per heavy atom. The molecule has 0 aliphatic carbocycles. The first-order valence-electron chi connectivity index (χ1n) is 4.48. The van der Waals surface area contributed by atoms with Gasteiger partial charge in [0.1, 0.15) is 16.6 Å². The lowest BCUT2D eigenvalue weighted by Crippen LogP contribution is -2.10. The normalized spacial score (nSPS) is 9.69. The summed E-state index contributed by atoms with van der Waals surface area (Å²) in [5.74, 6) is -0.608. The minimum atomic E-state index is -0.608. The van der Waals surface area contributed by atoms with Gasteiger partial charge in [-0.3, -0.25) is 4.79 Å². The van der Waals surface area contributed by atoms with E-state index in [9.17, 15) is 4.79 Å². The topological polar surface area (TPSA) is 79.8 Å². The number of thiazole rings is 1. The summed E-state index contributed by atoms with van der Waals surface area (Å²) in [4.78, 5) is 15.4. The maximum absolute atomic E-state index is 11.0. The van der Waals surface area contributed by atoms with Crippen LogP contribution < -0.4 is 5.73 Å². The maximum atomic E-state index is 11.0. The van der Waals surface area contributed by atoms with Crippen LogP contribution in [0.3, 0.4) is 0 Å². The summed E-state index contributed by atoms with van der Waals surface area (Å²) in [6.07, 6.45) is 0. The van der Waals surface area contributed by atoms with Gasteiger partial charge in [-0.1, -0.05) is 41.7 Å². The van der Waals surface area contributed by atoms with Crippen molar-refractivity contribution in [1.82, 2.24) is 4.98 Å². The summed E-state index contributed by atoms with van der Waals surface area (Å²) < 4.78 is 0. The number of carbonyl (C=O) groups excluding carboxylic acids is 1. The molecule has 0 atom stereocenters. The summed E-state index contributed by atoms with van der Waals surface area (Å²) in [5, 5.41) is 9.11. The lowest BCUT2D eigenvalue weighted by Gasteiger charge is -1.95. The molecule has 0 aliphatic heterocycles. The van der Waals surface area contributed by atoms with Gasteiger partial charge < -0.3 is 5.73 Å². The smallest absolute Gasteiger partial charge is 0.277 e. The maximum Gasteiger partial charge on any atom is 0.277 e. The molecule has 2 rings (SSSR count). The number of aromatic nitrogens is 1. The standard InChI is InChI=1S/C11H7N3OS/c12-6-8-9(7-4-2-1-3-5-7)14-11(16-8)10(13)15/h1-5H,(H2,13,15). The number of hydrogen-bond acceptors (Lipinski definition) is 4. The van der Waals surface area contributed by atoms with Gasteiger partial charge >= 0.3 is 0 Å². The fourth-order valence-electron chi connectivity index (χ4n) is 1.29. The van der Waals surface area contributed by atoms with Crippen LogP contribution in [0, 0.1) is 11.3 Å². The van der Waals surface area contributed by atoms with E-state index in [1.54, 1.807) is 0 Å². The summed E-state index contributed by atoms with van der Waals surface area (Å²) in [6.45, 7) is 0. The Kier molecular flexibility index (Phi) is 2.66. The molecule has 0 spiro atoms. The van der Waals surface area contributed by atoms with Gasteiger partial charge in [0.2, 0.25) is 0 Å². The number of amides is 1. The molecule has 4 nitrogen and oxygen atoms in total. The van der Waals surface area contributed by atoms with E-state index in [1.165, 1.54) is 0 Å². The van der Waals surface area contributed by atoms with Crippen LogP contribution >= 0.6 is 11.3 Å². The zero-order valence-corrected chi connectivity index (χ0v) is 8.99. The largest absolute Gasteiger partial charge is 0.364 e. The van der Waals surface area contributed by atoms with Crippen LogP contribution in [0.4, 0.5) is 0 Å². The molecule has 0 unspecified atom stereocenters. The molecule has 2 aromatic rings. The lowest BCUT2D eigenvalue weighted by atomic mass is 10.1. The fourth-order valence-corrected chi connectivity index (χ4v) is 2.03. The molecule has 2 N–H and O–H groups in total. The molecule has 0 saturated heterocycles. The fraction of sp³-hybridized carbons (Fsp3) is 0. The lowest BCUT2D eigenvalue weighted by molar-refractivity contribution is 0.1000. The van der Waals surface area contributed by atoms with Crippen molar-refractivity contribution >= 4 is 17.2 Å². The van der Waals surface area contributed by atoms with Crippen molar-refractivity contribution in [2.75, 3.05) is 0 Å². The van der Waals surface area contributed by atoms with Crippen molar-refractivity contribution in [3.8, 4) is 17.3 Å². The summed E-state index contributed by atoms with van der Waals surface area (Å²) in [7, 11) is 0. The molecule has 0 fully saturated rings. The van der Waals surface area contributed by atoms with Crippen LogP contribution in [-0.4, -0.2) is 10.9 Å². The van der Waals surface area contributed by atoms with Crippen LogP contribution in [0.5, 0.6) is 0 Å². The Labute approximate surface area is 96.0 Å². The van der Waals surface area contributed by atoms with E-state index in [0.29, 0.717) is 10.6 Å². The Morgan fingerprint density at radius 2 is 2.06 bits per heavy atom. The number of nitrogens with zero attached hydrogens (tertiary/aromatic N) is 2. The Hall–Kier alpha value is -2.19. The van der Waals surface area contributed by atoms with Gasteiger partial charge in [0.05, 0.1) is 0 Å². The molecule has 16 heavy (non-hydrogen) atoms. The predicted molar refractivity (Wildman–Crippen MR) is 60.8 cm³/mol. The molecular formula is C11H7N3OS. The Morgan fingerprint density at radius 3 is 2.62 bits per heavy atom. The highest BCUT2D eigenvalue weighted by atomic mass is 32.1. The highest BCUT2D eigenvalue weighted by molar-refractivity contribution is 7.14. The Balaban J connectivity index is 2.57. The Bertz CT molecular complexity index is 569. The quantitative estimate of drug-likeness (QED) is 0.852. The van der Waals surface area contributed by atoms with E-state index >= 15 is 0 Å². The monoisotopic (exact) mass is 229 g/mol. The van der Waals surface area contributed by atoms with Crippen molar-refractivity contribution in [2.24, 2.45) is 5.73 Å². The number of nitriles is 1. The first-order chi connectivity index (χ1) is 7.72. The number of benzene rings is 1. The average molecular weight is 229 g/mol. The second-order valence-electron chi connectivity index (χ2n) is 3.04. The van der Waals surface area contributed by atoms with E-state index in [2.05, 4.69) is 4.98 Å². The SMILES string of the molecule is N#Cc1sc(C(N)=O)nc1-c1ccccc1. The highest BCUT2D eigenvalue weighted by Crippen LogP contribution is 2.27. The van der Waals surface area contributed by atoms with Gasteiger partial charge in [-0.2, -0.15) is 5.26 Å². The third-order valence-corrected chi connectivity index (χ3v) is 2.96. The molecule has 5 heteroatoms. The average Bonchev–Trinajstić information content (AvgIpc) is 2.74. The van der Waals surface area contributed by atoms with Crippen LogP contribution in [0.1, 0.15) is 14.7 Å². The number of rotatable bonds is 2. The molecule has 78 valence electrons. The van der Waals surface area contributed by atoms with Crippen LogP contribution in [-0.2, 0) is 0 Å². The van der Waals surface area contributed by atoms with E-state index in [4.69, 9.17) is 11.0 Å². The summed E-state index contributed by atoms with van der Waals surface area (Å²) >= 11 is 1.02. The summed E-state index contributed by atoms with van der Waals surface area (Å²) in [5.41, 5.74) is 6.45. The van der Waals surface area contributed by atoms with Gasteiger partial charge in [0.25, 0.3) is 5.91 Å². The van der Waals surface area contributed by atoms with Crippen molar-refractivity contribution in [2.45, 2.75) is 0 Å². The minimum absolute atomic E-state index is 0.162. The van der Waals surface area contributed by atoms with Crippen molar-refractivity contribution in [3.63, 3.8) is 0 Å². The second kappa shape index (κ2) is 4.13. The van der Waals surface area contributed by atoms with Crippen LogP contribution in [0.25, 0.3) is 11.3 Å². The molecule has 1 heterocycles. The molecule has 1 amide bonds. The molecule has 0 radical (unpaired) electrons. The number of primary amides is 1. The van der Waals surface area contributed by atoms with Crippen molar-refractivity contribution in [1.29, 1.82) is 5.26 Å². The van der Waals surface area contributed by atoms with Crippen molar-refractivity contribution in [3.05, 3.63) is 40.2 Å². The predicted octanol–water partition coefficient (Wildman–Crippen LogP) is 1.78. The van der Waals surface area contributed by atoms with Crippen LogP contribution in [0.15, 0.2) is 30.3 Å². The van der Waals surface area contributed by atoms with Crippen LogP contribution in [0.2, 0.25) is 0 Å². The van der Waals surface area contributed by atoms with Gasteiger partial charge in [-0.05, 0) is 0 Å². The third kappa shape index (κ3) is 1.78. The molecule has 0 saturated carbocycles. The zero-order valence-electron chi connectivity index (χ0n) is 8.18. The molecular weight excluding hydrogens is 222 g/mol. The molecule has 0 bridgehead atoms. The molecule has 1 aromatic heterocycles. The summed E-state index contributed by atoms with van der Waals surface area (Å²) in [6, 6.07) is 11.3. The molecule has 1 aromatic carbocycles. The van der Waals surface area contributed by atoms with E-state index in [1.807, 2.05) is 36.4 Å². The highest BCUT2D eigenvalue weighted by Gasteiger charge is 2.15. The van der Waals surface area contributed by atoms with E-state index in [-0.39, 0.29) is 5.01 Å². The number of carbonyl (C=O) groups is 1. The zero-order chi connectivity index (χ0) is 11.5. The van der Waals surface area contributed by atoms with Crippen molar-refractivity contribution < 1.29 is 4.79 Å². The number of hydrogen-bond donors (Lipinski definition) is 1. The first-order valence-corrected chi connectivity index (χ1v) is 5.30. The van der Waals surface area contributed by atoms with E-state index in [0.717, 1.165) is 16.9 Å². The third-order valence-electron chi connectivity index (χ3n) is 1.99.